The second-order valence-corrected chi connectivity index (χ2v) is 3.88. The van der Waals surface area contributed by atoms with Gasteiger partial charge in [0.25, 0.3) is 0 Å². The normalized spacial score (nSPS) is 14.3. The van der Waals surface area contributed by atoms with Crippen LogP contribution in [0.2, 0.25) is 0 Å². The van der Waals surface area contributed by atoms with Gasteiger partial charge >= 0.3 is 0 Å². The number of rotatable bonds is 5. The molecule has 0 N–H and O–H groups in total. The van der Waals surface area contributed by atoms with Crippen LogP contribution in [0.4, 0.5) is 0 Å². The summed E-state index contributed by atoms with van der Waals surface area (Å²) in [5, 5.41) is 0. The smallest absolute Gasteiger partial charge is 0.162 e. The van der Waals surface area contributed by atoms with Crippen LogP contribution in [-0.2, 0) is 4.79 Å². The van der Waals surface area contributed by atoms with Gasteiger partial charge in [-0.1, -0.05) is 57.2 Å². The molecule has 0 saturated carbocycles. The molecule has 1 nitrogen and oxygen atoms in total. The van der Waals surface area contributed by atoms with Crippen molar-refractivity contribution in [3.8, 4) is 0 Å². The lowest BCUT2D eigenvalue weighted by atomic mass is 9.82. The molecule has 1 aromatic carbocycles. The molecule has 15 heavy (non-hydrogen) atoms. The van der Waals surface area contributed by atoms with E-state index in [9.17, 15) is 4.79 Å². The molecule has 0 saturated heterocycles. The minimum Gasteiger partial charge on any atom is -0.294 e. The molecular formula is C14H18O. The highest BCUT2D eigenvalue weighted by Gasteiger charge is 2.23. The molecule has 1 aromatic rings. The Balaban J connectivity index is 3.01. The van der Waals surface area contributed by atoms with Gasteiger partial charge in [0.15, 0.2) is 5.78 Å². The zero-order valence-corrected chi connectivity index (χ0v) is 9.44. The van der Waals surface area contributed by atoms with Crippen molar-refractivity contribution in [2.24, 2.45) is 5.92 Å². The summed E-state index contributed by atoms with van der Waals surface area (Å²) >= 11 is 0. The minimum absolute atomic E-state index is 0.0336. The monoisotopic (exact) mass is 202 g/mol. The molecule has 2 unspecified atom stereocenters. The third-order valence-electron chi connectivity index (χ3n) is 2.88. The molecule has 0 amide bonds. The molecule has 0 spiro atoms. The van der Waals surface area contributed by atoms with Crippen LogP contribution in [0.15, 0.2) is 43.0 Å². The Bertz CT molecular complexity index is 326. The summed E-state index contributed by atoms with van der Waals surface area (Å²) in [5.74, 6) is 0.446. The highest BCUT2D eigenvalue weighted by molar-refractivity contribution is 5.95. The maximum atomic E-state index is 11.8. The van der Waals surface area contributed by atoms with Crippen LogP contribution in [0.5, 0.6) is 0 Å². The van der Waals surface area contributed by atoms with Crippen LogP contribution in [0.25, 0.3) is 0 Å². The average molecular weight is 202 g/mol. The largest absolute Gasteiger partial charge is 0.294 e. The maximum absolute atomic E-state index is 11.8. The van der Waals surface area contributed by atoms with E-state index in [4.69, 9.17) is 0 Å². The van der Waals surface area contributed by atoms with E-state index in [1.165, 1.54) is 6.08 Å². The van der Waals surface area contributed by atoms with E-state index in [1.807, 2.05) is 30.3 Å². The Kier molecular flexibility index (Phi) is 4.29. The number of allylic oxidation sites excluding steroid dienone is 1. The first-order valence-corrected chi connectivity index (χ1v) is 5.42. The van der Waals surface area contributed by atoms with Crippen molar-refractivity contribution in [3.05, 3.63) is 48.6 Å². The van der Waals surface area contributed by atoms with E-state index in [0.717, 1.165) is 12.0 Å². The van der Waals surface area contributed by atoms with Gasteiger partial charge in [-0.3, -0.25) is 4.79 Å². The Morgan fingerprint density at radius 3 is 2.47 bits per heavy atom. The number of carbonyl (C=O) groups excluding carboxylic acids is 1. The van der Waals surface area contributed by atoms with Gasteiger partial charge < -0.3 is 0 Å². The second kappa shape index (κ2) is 5.50. The van der Waals surface area contributed by atoms with Crippen LogP contribution >= 0.6 is 0 Å². The van der Waals surface area contributed by atoms with Gasteiger partial charge in [0.1, 0.15) is 0 Å². The molecule has 80 valence electrons. The molecule has 0 radical (unpaired) electrons. The predicted molar refractivity (Wildman–Crippen MR) is 63.8 cm³/mol. The van der Waals surface area contributed by atoms with Gasteiger partial charge in [0.05, 0.1) is 0 Å². The van der Waals surface area contributed by atoms with Crippen molar-refractivity contribution in [3.63, 3.8) is 0 Å². The fourth-order valence-electron chi connectivity index (χ4n) is 1.80. The molecule has 0 bridgehead atoms. The summed E-state index contributed by atoms with van der Waals surface area (Å²) in [6.45, 7) is 7.79. The van der Waals surface area contributed by atoms with Crippen molar-refractivity contribution >= 4 is 5.78 Å². The van der Waals surface area contributed by atoms with E-state index < -0.39 is 0 Å². The van der Waals surface area contributed by atoms with Crippen molar-refractivity contribution in [1.82, 2.24) is 0 Å². The van der Waals surface area contributed by atoms with Gasteiger partial charge in [-0.2, -0.15) is 0 Å². The summed E-state index contributed by atoms with van der Waals surface area (Å²) in [7, 11) is 0. The Morgan fingerprint density at radius 2 is 2.00 bits per heavy atom. The van der Waals surface area contributed by atoms with E-state index in [2.05, 4.69) is 20.4 Å². The zero-order valence-electron chi connectivity index (χ0n) is 9.44. The maximum Gasteiger partial charge on any atom is 0.162 e. The third-order valence-corrected chi connectivity index (χ3v) is 2.88. The lowest BCUT2D eigenvalue weighted by molar-refractivity contribution is -0.117. The number of carbonyl (C=O) groups is 1. The molecular weight excluding hydrogens is 184 g/mol. The molecule has 1 rings (SSSR count). The molecule has 0 aliphatic rings. The lowest BCUT2D eigenvalue weighted by Gasteiger charge is -2.20. The highest BCUT2D eigenvalue weighted by Crippen LogP contribution is 2.27. The first-order valence-electron chi connectivity index (χ1n) is 5.42. The fraction of sp³-hybridized carbons (Fsp3) is 0.357. The molecule has 0 heterocycles. The lowest BCUT2D eigenvalue weighted by Crippen LogP contribution is -2.17. The summed E-state index contributed by atoms with van der Waals surface area (Å²) < 4.78 is 0. The minimum atomic E-state index is -0.0336. The van der Waals surface area contributed by atoms with Gasteiger partial charge in [0, 0.05) is 5.92 Å². The van der Waals surface area contributed by atoms with Gasteiger partial charge in [-0.25, -0.2) is 0 Å². The number of ketones is 1. The van der Waals surface area contributed by atoms with Crippen LogP contribution < -0.4 is 0 Å². The highest BCUT2D eigenvalue weighted by atomic mass is 16.1. The van der Waals surface area contributed by atoms with Crippen LogP contribution in [0, 0.1) is 5.92 Å². The van der Waals surface area contributed by atoms with Gasteiger partial charge in [0.2, 0.25) is 0 Å². The second-order valence-electron chi connectivity index (χ2n) is 3.88. The average Bonchev–Trinajstić information content (AvgIpc) is 2.30. The van der Waals surface area contributed by atoms with Crippen LogP contribution in [0.1, 0.15) is 31.7 Å². The Morgan fingerprint density at radius 1 is 1.40 bits per heavy atom. The van der Waals surface area contributed by atoms with Crippen LogP contribution in [0.3, 0.4) is 0 Å². The zero-order chi connectivity index (χ0) is 11.3. The summed E-state index contributed by atoms with van der Waals surface area (Å²) in [6, 6.07) is 9.94. The number of hydrogen-bond donors (Lipinski definition) is 0. The molecule has 0 aliphatic carbocycles. The van der Waals surface area contributed by atoms with Crippen molar-refractivity contribution in [2.45, 2.75) is 26.2 Å². The molecule has 0 fully saturated rings. The summed E-state index contributed by atoms with van der Waals surface area (Å²) in [4.78, 5) is 11.8. The quantitative estimate of drug-likeness (QED) is 0.667. The van der Waals surface area contributed by atoms with Gasteiger partial charge in [-0.15, -0.1) is 0 Å². The molecule has 2 atom stereocenters. The van der Waals surface area contributed by atoms with E-state index in [-0.39, 0.29) is 11.7 Å². The Labute approximate surface area is 91.8 Å². The van der Waals surface area contributed by atoms with E-state index in [1.54, 1.807) is 0 Å². The van der Waals surface area contributed by atoms with Gasteiger partial charge in [-0.05, 0) is 17.6 Å². The van der Waals surface area contributed by atoms with E-state index >= 15 is 0 Å². The van der Waals surface area contributed by atoms with Crippen molar-refractivity contribution < 1.29 is 4.79 Å². The SMILES string of the molecule is C=CC(=O)C(c1ccccc1)C(C)CC. The van der Waals surface area contributed by atoms with Crippen molar-refractivity contribution in [2.75, 3.05) is 0 Å². The topological polar surface area (TPSA) is 17.1 Å². The number of hydrogen-bond acceptors (Lipinski definition) is 1. The van der Waals surface area contributed by atoms with E-state index in [0.29, 0.717) is 5.92 Å². The number of benzene rings is 1. The summed E-state index contributed by atoms with van der Waals surface area (Å²) in [5.41, 5.74) is 1.09. The first kappa shape index (κ1) is 11.7. The predicted octanol–water partition coefficient (Wildman–Crippen LogP) is 3.57. The third kappa shape index (κ3) is 2.79. The molecule has 1 heteroatoms. The van der Waals surface area contributed by atoms with Crippen LogP contribution in [-0.4, -0.2) is 5.78 Å². The first-order chi connectivity index (χ1) is 7.20. The van der Waals surface area contributed by atoms with Crippen molar-refractivity contribution in [1.29, 1.82) is 0 Å². The standard InChI is InChI=1S/C14H18O/c1-4-11(3)14(13(15)5-2)12-9-7-6-8-10-12/h5-11,14H,2,4H2,1,3H3. The summed E-state index contributed by atoms with van der Waals surface area (Å²) in [6.07, 6.45) is 2.43. The molecule has 0 aromatic heterocycles. The Hall–Kier alpha value is -1.37. The fourth-order valence-corrected chi connectivity index (χ4v) is 1.80. The molecule has 0 aliphatic heterocycles.